The van der Waals surface area contributed by atoms with Gasteiger partial charge in [-0.05, 0) is 144 Å². The van der Waals surface area contributed by atoms with Crippen LogP contribution >= 0.6 is 0 Å². The topological polar surface area (TPSA) is 164 Å². The summed E-state index contributed by atoms with van der Waals surface area (Å²) in [6.45, 7) is 5.28. The van der Waals surface area contributed by atoms with Crippen molar-refractivity contribution in [2.24, 2.45) is 57.2 Å². The first-order valence-electron chi connectivity index (χ1n) is 26.8. The molecule has 1 aromatic carbocycles. The SMILES string of the molecule is CC(=O)OC1CC(C2(C(C)O)CCCC2)CC#CC2CC3c4c(ccc(O)c4OCC3C3(CO)CCCC3)C2C2(CCNCC2)C2OC(=O)C34CCCCC3CC3(CCCC3C=CC12)C(=O)N4. The van der Waals surface area contributed by atoms with E-state index in [2.05, 4.69) is 40.7 Å². The number of hydrogen-bond donors (Lipinski definition) is 5. The number of nitrogens with one attached hydrogen (secondary N) is 2. The van der Waals surface area contributed by atoms with E-state index >= 15 is 4.79 Å². The van der Waals surface area contributed by atoms with E-state index in [1.165, 1.54) is 6.92 Å². The van der Waals surface area contributed by atoms with Crippen molar-refractivity contribution in [3.63, 3.8) is 0 Å². The summed E-state index contributed by atoms with van der Waals surface area (Å²) in [4.78, 5) is 44.5. The van der Waals surface area contributed by atoms with Gasteiger partial charge in [0.2, 0.25) is 5.91 Å². The van der Waals surface area contributed by atoms with Crippen LogP contribution in [0.3, 0.4) is 0 Å². The highest BCUT2D eigenvalue weighted by Gasteiger charge is 2.65. The van der Waals surface area contributed by atoms with Crippen LogP contribution in [0.1, 0.15) is 172 Å². The van der Waals surface area contributed by atoms with Gasteiger partial charge in [0, 0.05) is 54.1 Å². The Hall–Kier alpha value is -3.59. The van der Waals surface area contributed by atoms with Gasteiger partial charge in [-0.3, -0.25) is 9.59 Å². The molecule has 3 spiro atoms. The van der Waals surface area contributed by atoms with Crippen molar-refractivity contribution >= 4 is 17.8 Å². The van der Waals surface area contributed by atoms with E-state index < -0.39 is 52.0 Å². The molecule has 5 heterocycles. The second-order valence-corrected chi connectivity index (χ2v) is 23.7. The molecule has 13 unspecified atom stereocenters. The lowest BCUT2D eigenvalue weighted by Crippen LogP contribution is -2.69. The molecule has 0 aromatic heterocycles. The lowest BCUT2D eigenvalue weighted by atomic mass is 9.50. The molecule has 12 rings (SSSR count). The number of rotatable bonds is 5. The van der Waals surface area contributed by atoms with Crippen molar-refractivity contribution in [2.75, 3.05) is 26.3 Å². The van der Waals surface area contributed by atoms with Crippen LogP contribution in [0.15, 0.2) is 24.3 Å². The quantitative estimate of drug-likeness (QED) is 0.111. The van der Waals surface area contributed by atoms with Gasteiger partial charge in [-0.15, -0.1) is 5.92 Å². The Morgan fingerprint density at radius 3 is 2.43 bits per heavy atom. The van der Waals surface area contributed by atoms with Crippen molar-refractivity contribution in [2.45, 2.75) is 184 Å². The fraction of sp³-hybridized carbons (Fsp3) is 0.768. The lowest BCUT2D eigenvalue weighted by molar-refractivity contribution is -0.190. The zero-order valence-electron chi connectivity index (χ0n) is 40.1. The van der Waals surface area contributed by atoms with E-state index in [9.17, 15) is 24.9 Å². The van der Waals surface area contributed by atoms with Gasteiger partial charge in [-0.1, -0.05) is 69.1 Å². The summed E-state index contributed by atoms with van der Waals surface area (Å²) < 4.78 is 21.0. The fourth-order valence-electron chi connectivity index (χ4n) is 17.7. The Bertz CT molecular complexity index is 2190. The minimum atomic E-state index is -1.15. The third-order valence-corrected chi connectivity index (χ3v) is 21.0. The van der Waals surface area contributed by atoms with Crippen molar-refractivity contribution in [1.29, 1.82) is 0 Å². The Kier molecular flexibility index (Phi) is 11.9. The first-order valence-corrected chi connectivity index (χ1v) is 26.8. The van der Waals surface area contributed by atoms with Gasteiger partial charge >= 0.3 is 11.9 Å². The minimum Gasteiger partial charge on any atom is -0.504 e. The number of allylic oxidation sites excluding steroid dienone is 1. The van der Waals surface area contributed by atoms with E-state index in [0.717, 1.165) is 101 Å². The number of carbonyl (C=O) groups excluding carboxylic acids is 3. The predicted molar refractivity (Wildman–Crippen MR) is 252 cm³/mol. The van der Waals surface area contributed by atoms with Crippen molar-refractivity contribution in [3.8, 4) is 23.3 Å². The number of amides is 1. The van der Waals surface area contributed by atoms with Crippen molar-refractivity contribution < 1.29 is 43.9 Å². The van der Waals surface area contributed by atoms with E-state index in [0.29, 0.717) is 70.4 Å². The molecule has 11 heteroatoms. The summed E-state index contributed by atoms with van der Waals surface area (Å²) >= 11 is 0. The van der Waals surface area contributed by atoms with Crippen LogP contribution in [0, 0.1) is 69.0 Å². The van der Waals surface area contributed by atoms with E-state index in [4.69, 9.17) is 14.2 Å². The largest absolute Gasteiger partial charge is 0.504 e. The molecule has 11 nitrogen and oxygen atoms in total. The molecule has 5 N–H and O–H groups in total. The van der Waals surface area contributed by atoms with Crippen molar-refractivity contribution in [1.82, 2.24) is 10.6 Å². The maximum absolute atomic E-state index is 16.0. The smallest absolute Gasteiger partial charge is 0.332 e. The molecule has 364 valence electrons. The molecule has 4 saturated carbocycles. The van der Waals surface area contributed by atoms with Gasteiger partial charge in [-0.2, -0.15) is 0 Å². The normalized spacial score (nSPS) is 40.6. The maximum atomic E-state index is 16.0. The van der Waals surface area contributed by atoms with E-state index in [1.807, 2.05) is 6.92 Å². The Morgan fingerprint density at radius 1 is 0.925 bits per heavy atom. The number of aromatic hydroxyl groups is 1. The number of benzene rings is 1. The van der Waals surface area contributed by atoms with Crippen LogP contribution < -0.4 is 15.4 Å². The summed E-state index contributed by atoms with van der Waals surface area (Å²) in [6.07, 6.45) is 19.6. The Labute approximate surface area is 397 Å². The highest BCUT2D eigenvalue weighted by atomic mass is 16.6. The monoisotopic (exact) mass is 921 g/mol. The minimum absolute atomic E-state index is 0.0179. The predicted octanol–water partition coefficient (Wildman–Crippen LogP) is 8.13. The Morgan fingerprint density at radius 2 is 1.69 bits per heavy atom. The number of aliphatic hydroxyl groups is 2. The lowest BCUT2D eigenvalue weighted by Gasteiger charge is -2.57. The molecule has 1 aromatic rings. The number of piperidine rings is 2. The maximum Gasteiger partial charge on any atom is 0.332 e. The fourth-order valence-corrected chi connectivity index (χ4v) is 17.7. The number of phenolic OH excluding ortho intramolecular Hbond substituents is 1. The summed E-state index contributed by atoms with van der Waals surface area (Å²) in [5.41, 5.74) is -1.15. The molecule has 11 aliphatic rings. The highest BCUT2D eigenvalue weighted by Crippen LogP contribution is 2.66. The summed E-state index contributed by atoms with van der Waals surface area (Å²) in [5, 5.41) is 42.0. The second kappa shape index (κ2) is 17.4. The molecule has 2 saturated heterocycles. The van der Waals surface area contributed by atoms with Gasteiger partial charge < -0.3 is 40.2 Å². The van der Waals surface area contributed by atoms with Crippen LogP contribution in [0.2, 0.25) is 0 Å². The molecular weight excluding hydrogens is 845 g/mol. The van der Waals surface area contributed by atoms with Crippen LogP contribution in [-0.2, 0) is 23.9 Å². The molecule has 2 bridgehead atoms. The first kappa shape index (κ1) is 45.8. The van der Waals surface area contributed by atoms with Gasteiger partial charge in [0.15, 0.2) is 11.5 Å². The number of esters is 2. The third-order valence-electron chi connectivity index (χ3n) is 21.0. The third kappa shape index (κ3) is 7.08. The molecular formula is C56H76N2O9. The first-order chi connectivity index (χ1) is 32.4. The summed E-state index contributed by atoms with van der Waals surface area (Å²) in [7, 11) is 0. The van der Waals surface area contributed by atoms with Crippen molar-refractivity contribution in [3.05, 3.63) is 35.4 Å². The number of ether oxygens (including phenoxy) is 3. The molecule has 5 aliphatic heterocycles. The highest BCUT2D eigenvalue weighted by molar-refractivity contribution is 5.93. The standard InChI is InChI=1S/C56H76N2O9/c1-34(60)53(21-7-8-22-53)38-13-9-11-36-29-42-43(52(33-59)19-5-6-20-52)32-65-48-44(62)18-17-41(46(42)48)47(36)54(25-27-57-28-26-54)49-40(45(30-38)66-35(2)61)16-15-37-14-10-23-55(37)31-39-12-3-4-24-56(39,51(64)67-49)58-50(55)63/h15-18,34,36-40,42-43,45,47,49,57,59-60,62H,3-8,10,12-14,19-33H2,1-2H3,(H,58,63). The van der Waals surface area contributed by atoms with Crippen LogP contribution in [0.4, 0.5) is 0 Å². The van der Waals surface area contributed by atoms with E-state index in [1.54, 1.807) is 6.07 Å². The van der Waals surface area contributed by atoms with E-state index in [-0.39, 0.29) is 71.1 Å². The second-order valence-electron chi connectivity index (χ2n) is 23.7. The van der Waals surface area contributed by atoms with Crippen LogP contribution in [0.5, 0.6) is 11.5 Å². The molecule has 0 radical (unpaired) electrons. The Balaban J connectivity index is 1.17. The number of fused-ring (bicyclic) bond motifs is 5. The zero-order chi connectivity index (χ0) is 46.3. The molecule has 6 aliphatic carbocycles. The summed E-state index contributed by atoms with van der Waals surface area (Å²) in [6, 6.07) is 3.88. The van der Waals surface area contributed by atoms with Gasteiger partial charge in [0.1, 0.15) is 17.7 Å². The molecule has 13 atom stereocenters. The molecule has 1 amide bonds. The number of aliphatic hydroxyl groups excluding tert-OH is 2. The summed E-state index contributed by atoms with van der Waals surface area (Å²) in [5.74, 6) is 6.47. The van der Waals surface area contributed by atoms with Gasteiger partial charge in [0.25, 0.3) is 0 Å². The number of carbonyl (C=O) groups is 3. The average molecular weight is 921 g/mol. The molecule has 6 fully saturated rings. The van der Waals surface area contributed by atoms with Crippen LogP contribution in [0.25, 0.3) is 0 Å². The number of hydrogen-bond acceptors (Lipinski definition) is 10. The van der Waals surface area contributed by atoms with Gasteiger partial charge in [0.05, 0.1) is 24.0 Å². The van der Waals surface area contributed by atoms with Crippen LogP contribution in [-0.4, -0.2) is 83.3 Å². The van der Waals surface area contributed by atoms with Gasteiger partial charge in [-0.25, -0.2) is 4.79 Å². The zero-order valence-corrected chi connectivity index (χ0v) is 40.1. The molecule has 67 heavy (non-hydrogen) atoms. The average Bonchev–Trinajstić information content (AvgIpc) is 4.11. The number of phenols is 1.